The molecule has 0 unspecified atom stereocenters. The molecule has 31 heavy (non-hydrogen) atoms. The third kappa shape index (κ3) is 5.53. The summed E-state index contributed by atoms with van der Waals surface area (Å²) in [4.78, 5) is 10.4. The van der Waals surface area contributed by atoms with E-state index >= 15 is 0 Å². The van der Waals surface area contributed by atoms with E-state index < -0.39 is 23.4 Å². The van der Waals surface area contributed by atoms with E-state index in [1.807, 2.05) is 0 Å². The van der Waals surface area contributed by atoms with E-state index in [0.717, 1.165) is 38.5 Å². The molecule has 1 atom stereocenters. The van der Waals surface area contributed by atoms with Gasteiger partial charge in [0.05, 0.1) is 17.5 Å². The van der Waals surface area contributed by atoms with Gasteiger partial charge in [-0.25, -0.2) is 9.97 Å². The minimum absolute atomic E-state index is 0.0585. The van der Waals surface area contributed by atoms with Crippen molar-refractivity contribution >= 4 is 23.1 Å². The Bertz CT molecular complexity index is 947. The molecule has 3 rings (SSSR count). The number of hydrogen-bond donors (Lipinski definition) is 4. The van der Waals surface area contributed by atoms with Crippen LogP contribution in [0.25, 0.3) is 11.3 Å². The predicted octanol–water partition coefficient (Wildman–Crippen LogP) is 3.65. The fourth-order valence-electron chi connectivity index (χ4n) is 3.64. The molecule has 1 saturated heterocycles. The van der Waals surface area contributed by atoms with E-state index in [0.29, 0.717) is 6.07 Å². The Labute approximate surface area is 183 Å². The molecule has 4 N–H and O–H groups in total. The van der Waals surface area contributed by atoms with Crippen LogP contribution < -0.4 is 10.6 Å². The summed E-state index contributed by atoms with van der Waals surface area (Å²) in [6, 6.07) is 1.71. The van der Waals surface area contributed by atoms with Gasteiger partial charge in [0.2, 0.25) is 0 Å². The van der Waals surface area contributed by atoms with E-state index in [2.05, 4.69) is 32.4 Å². The van der Waals surface area contributed by atoms with Gasteiger partial charge in [-0.05, 0) is 62.8 Å². The molecule has 7 nitrogen and oxygen atoms in total. The van der Waals surface area contributed by atoms with Crippen LogP contribution >= 0.6 is 12.2 Å². The Morgan fingerprint density at radius 3 is 2.71 bits per heavy atom. The molecule has 1 fully saturated rings. The second-order valence-electron chi connectivity index (χ2n) is 7.44. The number of thiocarbonyl (C=S) groups is 1. The zero-order chi connectivity index (χ0) is 22.8. The van der Waals surface area contributed by atoms with Crippen LogP contribution in [0.15, 0.2) is 18.3 Å². The monoisotopic (exact) mass is 455 g/mol. The number of likely N-dealkylation sites (tertiary alicyclic amines) is 1. The first-order valence-electron chi connectivity index (χ1n) is 9.85. The number of nitrogens with one attached hydrogen (secondary N) is 2. The Morgan fingerprint density at radius 2 is 2.06 bits per heavy atom. The van der Waals surface area contributed by atoms with Crippen LogP contribution in [0.5, 0.6) is 11.6 Å². The molecule has 1 aromatic heterocycles. The van der Waals surface area contributed by atoms with E-state index in [4.69, 9.17) is 12.2 Å². The number of phenolic OH excluding ortho intramolecular Hbond substituents is 1. The Balaban J connectivity index is 1.80. The van der Waals surface area contributed by atoms with Crippen LogP contribution in [-0.2, 0) is 6.18 Å². The number of anilines is 1. The fraction of sp³-hybridized carbons (Fsp3) is 0.450. The molecule has 168 valence electrons. The molecule has 2 aromatic rings. The van der Waals surface area contributed by atoms with Crippen molar-refractivity contribution in [1.29, 1.82) is 0 Å². The second kappa shape index (κ2) is 9.23. The van der Waals surface area contributed by atoms with Crippen molar-refractivity contribution < 1.29 is 23.4 Å². The van der Waals surface area contributed by atoms with Gasteiger partial charge in [0.25, 0.3) is 5.88 Å². The number of piperidine rings is 1. The highest BCUT2D eigenvalue weighted by molar-refractivity contribution is 7.80. The van der Waals surface area contributed by atoms with Gasteiger partial charge in [0.15, 0.2) is 10.9 Å². The molecule has 0 amide bonds. The summed E-state index contributed by atoms with van der Waals surface area (Å²) in [5.41, 5.74) is -0.605. The molecular formula is C20H24F3N5O2S. The van der Waals surface area contributed by atoms with Gasteiger partial charge in [-0.1, -0.05) is 6.92 Å². The van der Waals surface area contributed by atoms with Gasteiger partial charge in [0, 0.05) is 18.2 Å². The van der Waals surface area contributed by atoms with Crippen molar-refractivity contribution in [2.24, 2.45) is 0 Å². The SMILES string of the molecule is CCN1CCC[C@@H](NC(=S)Nc2nc(-c3c(C)cc(C(F)(F)F)cc3O)cnc2O)C1. The maximum Gasteiger partial charge on any atom is 0.416 e. The third-order valence-electron chi connectivity index (χ3n) is 5.17. The number of aromatic hydroxyl groups is 2. The quantitative estimate of drug-likeness (QED) is 0.519. The maximum absolute atomic E-state index is 13.0. The lowest BCUT2D eigenvalue weighted by molar-refractivity contribution is -0.137. The van der Waals surface area contributed by atoms with Crippen molar-refractivity contribution in [3.8, 4) is 22.9 Å². The minimum Gasteiger partial charge on any atom is -0.507 e. The first-order chi connectivity index (χ1) is 14.6. The lowest BCUT2D eigenvalue weighted by atomic mass is 10.0. The van der Waals surface area contributed by atoms with Gasteiger partial charge in [-0.15, -0.1) is 0 Å². The first kappa shape index (κ1) is 23.0. The Morgan fingerprint density at radius 1 is 1.32 bits per heavy atom. The van der Waals surface area contributed by atoms with Crippen LogP contribution in [-0.4, -0.2) is 55.9 Å². The number of nitrogens with zero attached hydrogens (tertiary/aromatic N) is 3. The lowest BCUT2D eigenvalue weighted by Crippen LogP contribution is -2.48. The number of likely N-dealkylation sites (N-methyl/N-ethyl adjacent to an activating group) is 1. The van der Waals surface area contributed by atoms with Crippen LogP contribution in [0.3, 0.4) is 0 Å². The van der Waals surface area contributed by atoms with Gasteiger partial charge in [0.1, 0.15) is 5.75 Å². The number of rotatable bonds is 4. The molecule has 0 aliphatic carbocycles. The molecule has 0 saturated carbocycles. The summed E-state index contributed by atoms with van der Waals surface area (Å²) in [6.45, 7) is 6.36. The second-order valence-corrected chi connectivity index (χ2v) is 7.85. The fourth-order valence-corrected chi connectivity index (χ4v) is 3.91. The van der Waals surface area contributed by atoms with Gasteiger partial charge in [-0.2, -0.15) is 13.2 Å². The van der Waals surface area contributed by atoms with Crippen LogP contribution in [0.4, 0.5) is 19.0 Å². The zero-order valence-electron chi connectivity index (χ0n) is 17.1. The molecule has 1 aliphatic rings. The number of aromatic nitrogens is 2. The van der Waals surface area contributed by atoms with E-state index in [-0.39, 0.29) is 33.8 Å². The summed E-state index contributed by atoms with van der Waals surface area (Å²) < 4.78 is 38.9. The highest BCUT2D eigenvalue weighted by atomic mass is 32.1. The van der Waals surface area contributed by atoms with E-state index in [1.54, 1.807) is 0 Å². The number of aryl methyl sites for hydroxylation is 1. The molecule has 0 bridgehead atoms. The summed E-state index contributed by atoms with van der Waals surface area (Å²) >= 11 is 5.33. The number of phenols is 1. The van der Waals surface area contributed by atoms with Crippen LogP contribution in [0.2, 0.25) is 0 Å². The average molecular weight is 456 g/mol. The van der Waals surface area contributed by atoms with Gasteiger partial charge >= 0.3 is 6.18 Å². The maximum atomic E-state index is 13.0. The number of hydrogen-bond acceptors (Lipinski definition) is 6. The first-order valence-corrected chi connectivity index (χ1v) is 10.3. The highest BCUT2D eigenvalue weighted by Gasteiger charge is 2.32. The van der Waals surface area contributed by atoms with E-state index in [1.165, 1.54) is 13.1 Å². The largest absolute Gasteiger partial charge is 0.507 e. The average Bonchev–Trinajstić information content (AvgIpc) is 2.69. The van der Waals surface area contributed by atoms with E-state index in [9.17, 15) is 23.4 Å². The molecule has 11 heteroatoms. The predicted molar refractivity (Wildman–Crippen MR) is 115 cm³/mol. The number of benzene rings is 1. The van der Waals surface area contributed by atoms with Crippen molar-refractivity contribution in [1.82, 2.24) is 20.2 Å². The van der Waals surface area contributed by atoms with Crippen LogP contribution in [0.1, 0.15) is 30.9 Å². The normalized spacial score (nSPS) is 17.4. The van der Waals surface area contributed by atoms with Gasteiger partial charge in [-0.3, -0.25) is 0 Å². The number of alkyl halides is 3. The zero-order valence-corrected chi connectivity index (χ0v) is 17.9. The summed E-state index contributed by atoms with van der Waals surface area (Å²) in [6.07, 6.45) is -1.42. The lowest BCUT2D eigenvalue weighted by Gasteiger charge is -2.32. The molecule has 0 radical (unpaired) electrons. The standard InChI is InChI=1S/C20H24F3N5O2S/c1-3-28-6-4-5-13(10-28)25-19(31)27-17-18(30)24-9-14(26-17)16-11(2)7-12(8-15(16)29)20(21,22)23/h7-9,13,29H,3-6,10H2,1-2H3,(H,24,30)(H2,25,26,27,31)/t13-/m1/s1. The summed E-state index contributed by atoms with van der Waals surface area (Å²) in [5.74, 6) is -1.06. The Hall–Kier alpha value is -2.66. The molecule has 1 aliphatic heterocycles. The van der Waals surface area contributed by atoms with Crippen LogP contribution in [0, 0.1) is 6.92 Å². The summed E-state index contributed by atoms with van der Waals surface area (Å²) in [5, 5.41) is 26.5. The van der Waals surface area contributed by atoms with Gasteiger partial charge < -0.3 is 25.7 Å². The van der Waals surface area contributed by atoms with Crippen molar-refractivity contribution in [3.05, 3.63) is 29.5 Å². The molecule has 0 spiro atoms. The molecular weight excluding hydrogens is 431 g/mol. The topological polar surface area (TPSA) is 93.5 Å². The number of halogens is 3. The van der Waals surface area contributed by atoms with Crippen molar-refractivity contribution in [2.45, 2.75) is 38.9 Å². The highest BCUT2D eigenvalue weighted by Crippen LogP contribution is 2.39. The van der Waals surface area contributed by atoms with Crippen molar-refractivity contribution in [3.63, 3.8) is 0 Å². The molecule has 1 aromatic carbocycles. The smallest absolute Gasteiger partial charge is 0.416 e. The van der Waals surface area contributed by atoms with Crippen molar-refractivity contribution in [2.75, 3.05) is 25.0 Å². The summed E-state index contributed by atoms with van der Waals surface area (Å²) in [7, 11) is 0. The Kier molecular flexibility index (Phi) is 6.85. The minimum atomic E-state index is -4.58. The molecule has 2 heterocycles. The third-order valence-corrected chi connectivity index (χ3v) is 5.39.